The molecule has 4 rings (SSSR count). The van der Waals surface area contributed by atoms with Gasteiger partial charge in [-0.1, -0.05) is 32.9 Å². The van der Waals surface area contributed by atoms with Gasteiger partial charge in [0.2, 0.25) is 6.36 Å². The van der Waals surface area contributed by atoms with Gasteiger partial charge in [-0.05, 0) is 17.9 Å². The van der Waals surface area contributed by atoms with Crippen LogP contribution >= 0.6 is 0 Å². The molecule has 3 aromatic rings. The fraction of sp³-hybridized carbons (Fsp3) is 0.364. The lowest BCUT2D eigenvalue weighted by Gasteiger charge is -2.37. The first-order chi connectivity index (χ1) is 13.6. The number of fused-ring (bicyclic) bond motifs is 5. The number of pyridine rings is 1. The molecule has 1 aliphatic heterocycles. The highest BCUT2D eigenvalue weighted by molar-refractivity contribution is 5.92. The number of aromatic carboxylic acids is 1. The summed E-state index contributed by atoms with van der Waals surface area (Å²) in [6.45, 7) is 7.48. The molecule has 0 aliphatic carbocycles. The smallest absolute Gasteiger partial charge is 0.341 e. The lowest BCUT2D eigenvalue weighted by atomic mass is 9.80. The summed E-state index contributed by atoms with van der Waals surface area (Å²) in [6, 6.07) is 6.49. The lowest BCUT2D eigenvalue weighted by Crippen LogP contribution is -2.32. The van der Waals surface area contributed by atoms with Crippen LogP contribution in [0.3, 0.4) is 0 Å². The number of hydrogen-bond acceptors (Lipinski definition) is 4. The SMILES string of the molecule is CC(F)Oc1cccc2c3c(oc12)-c1cc(=O)c(C(=O)O)cn1C(C(C)(C)C)C3. The van der Waals surface area contributed by atoms with Crippen molar-refractivity contribution in [1.29, 1.82) is 0 Å². The minimum atomic E-state index is -1.50. The van der Waals surface area contributed by atoms with Crippen molar-refractivity contribution in [2.45, 2.75) is 46.5 Å². The number of rotatable bonds is 3. The van der Waals surface area contributed by atoms with Gasteiger partial charge in [-0.25, -0.2) is 9.18 Å². The van der Waals surface area contributed by atoms with Gasteiger partial charge in [0.15, 0.2) is 22.5 Å². The molecule has 2 aromatic heterocycles. The topological polar surface area (TPSA) is 81.7 Å². The van der Waals surface area contributed by atoms with E-state index in [0.717, 1.165) is 10.9 Å². The molecule has 0 spiro atoms. The predicted molar refractivity (Wildman–Crippen MR) is 106 cm³/mol. The van der Waals surface area contributed by atoms with E-state index in [0.29, 0.717) is 23.5 Å². The van der Waals surface area contributed by atoms with Crippen LogP contribution < -0.4 is 10.2 Å². The summed E-state index contributed by atoms with van der Waals surface area (Å²) in [6.07, 6.45) is 0.473. The number of aromatic nitrogens is 1. The maximum Gasteiger partial charge on any atom is 0.341 e. The Morgan fingerprint density at radius 1 is 1.38 bits per heavy atom. The second kappa shape index (κ2) is 6.47. The van der Waals surface area contributed by atoms with E-state index in [9.17, 15) is 19.1 Å². The Morgan fingerprint density at radius 2 is 2.10 bits per heavy atom. The Morgan fingerprint density at radius 3 is 2.72 bits per heavy atom. The Kier molecular flexibility index (Phi) is 4.29. The fourth-order valence-corrected chi connectivity index (χ4v) is 3.99. The molecular weight excluding hydrogens is 377 g/mol. The van der Waals surface area contributed by atoms with Crippen LogP contribution in [0.5, 0.6) is 5.75 Å². The number of nitrogens with zero attached hydrogens (tertiary/aromatic N) is 1. The van der Waals surface area contributed by atoms with Crippen LogP contribution in [-0.2, 0) is 6.42 Å². The van der Waals surface area contributed by atoms with Crippen LogP contribution in [0, 0.1) is 5.41 Å². The van der Waals surface area contributed by atoms with Crippen LogP contribution in [-0.4, -0.2) is 22.0 Å². The van der Waals surface area contributed by atoms with Gasteiger partial charge >= 0.3 is 5.97 Å². The minimum Gasteiger partial charge on any atom is -0.477 e. The third-order valence-electron chi connectivity index (χ3n) is 5.35. The van der Waals surface area contributed by atoms with Gasteiger partial charge in [-0.3, -0.25) is 4.79 Å². The van der Waals surface area contributed by atoms with E-state index in [4.69, 9.17) is 9.15 Å². The van der Waals surface area contributed by atoms with Crippen molar-refractivity contribution < 1.29 is 23.4 Å². The van der Waals surface area contributed by atoms with Crippen molar-refractivity contribution in [1.82, 2.24) is 4.57 Å². The zero-order valence-electron chi connectivity index (χ0n) is 16.7. The van der Waals surface area contributed by atoms with Crippen LogP contribution in [0.4, 0.5) is 4.39 Å². The molecule has 0 amide bonds. The Labute approximate surface area is 166 Å². The molecule has 1 aromatic carbocycles. The monoisotopic (exact) mass is 399 g/mol. The lowest BCUT2D eigenvalue weighted by molar-refractivity contribution is 0.0693. The molecule has 3 heterocycles. The Hall–Kier alpha value is -3.09. The number of carbonyl (C=O) groups is 1. The normalized spacial score (nSPS) is 16.9. The average Bonchev–Trinajstić information content (AvgIpc) is 2.99. The zero-order valence-corrected chi connectivity index (χ0v) is 16.7. The van der Waals surface area contributed by atoms with Gasteiger partial charge in [0.1, 0.15) is 5.56 Å². The molecule has 2 atom stereocenters. The van der Waals surface area contributed by atoms with Gasteiger partial charge in [0.05, 0.1) is 5.69 Å². The van der Waals surface area contributed by atoms with Crippen molar-refractivity contribution in [3.63, 3.8) is 0 Å². The molecule has 1 aliphatic rings. The second-order valence-electron chi connectivity index (χ2n) is 8.44. The van der Waals surface area contributed by atoms with E-state index < -0.39 is 17.8 Å². The number of para-hydroxylation sites is 1. The molecule has 0 fully saturated rings. The van der Waals surface area contributed by atoms with Crippen molar-refractivity contribution >= 4 is 16.9 Å². The molecule has 2 unspecified atom stereocenters. The standard InChI is InChI=1S/C22H22FNO5/c1-11(23)28-17-7-5-6-12-13-8-18(22(2,3)4)24-10-14(21(26)27)16(25)9-15(24)19(13)29-20(12)17/h5-7,9-11,18H,8H2,1-4H3,(H,26,27). The number of ether oxygens (including phenoxy) is 1. The first-order valence-electron chi connectivity index (χ1n) is 9.43. The number of benzene rings is 1. The van der Waals surface area contributed by atoms with Gasteiger partial charge in [0, 0.05) is 36.2 Å². The highest BCUT2D eigenvalue weighted by Crippen LogP contribution is 2.47. The van der Waals surface area contributed by atoms with Crippen LogP contribution in [0.2, 0.25) is 0 Å². The quantitative estimate of drug-likeness (QED) is 0.684. The summed E-state index contributed by atoms with van der Waals surface area (Å²) in [4.78, 5) is 23.9. The highest BCUT2D eigenvalue weighted by atomic mass is 19.1. The number of alkyl halides is 1. The van der Waals surface area contributed by atoms with Gasteiger partial charge in [0.25, 0.3) is 0 Å². The van der Waals surface area contributed by atoms with E-state index in [-0.39, 0.29) is 22.8 Å². The third-order valence-corrected chi connectivity index (χ3v) is 5.35. The first kappa shape index (κ1) is 19.2. The van der Waals surface area contributed by atoms with Crippen molar-refractivity contribution in [2.75, 3.05) is 0 Å². The fourth-order valence-electron chi connectivity index (χ4n) is 3.99. The minimum absolute atomic E-state index is 0.103. The summed E-state index contributed by atoms with van der Waals surface area (Å²) in [5.41, 5.74) is 0.743. The predicted octanol–water partition coefficient (Wildman–Crippen LogP) is 4.80. The number of hydrogen-bond donors (Lipinski definition) is 1. The molecule has 1 N–H and O–H groups in total. The maximum atomic E-state index is 13.5. The summed E-state index contributed by atoms with van der Waals surface area (Å²) >= 11 is 0. The van der Waals surface area contributed by atoms with E-state index in [1.165, 1.54) is 19.2 Å². The number of halogens is 1. The van der Waals surface area contributed by atoms with Gasteiger partial charge in [-0.15, -0.1) is 0 Å². The summed E-state index contributed by atoms with van der Waals surface area (Å²) in [7, 11) is 0. The van der Waals surface area contributed by atoms with E-state index >= 15 is 0 Å². The van der Waals surface area contributed by atoms with E-state index in [2.05, 4.69) is 20.8 Å². The molecule has 0 saturated carbocycles. The molecule has 0 saturated heterocycles. The number of carboxylic acid groups (broad SMARTS) is 1. The molecule has 152 valence electrons. The van der Waals surface area contributed by atoms with Gasteiger partial charge < -0.3 is 18.8 Å². The first-order valence-corrected chi connectivity index (χ1v) is 9.43. The molecular formula is C22H22FNO5. The van der Waals surface area contributed by atoms with E-state index in [1.54, 1.807) is 12.1 Å². The number of furan rings is 1. The molecule has 29 heavy (non-hydrogen) atoms. The van der Waals surface area contributed by atoms with E-state index in [1.807, 2.05) is 10.6 Å². The molecule has 6 nitrogen and oxygen atoms in total. The van der Waals surface area contributed by atoms with Crippen molar-refractivity contribution in [3.05, 3.63) is 51.8 Å². The molecule has 0 bridgehead atoms. The van der Waals surface area contributed by atoms with Crippen LogP contribution in [0.15, 0.2) is 39.7 Å². The summed E-state index contributed by atoms with van der Waals surface area (Å²) < 4.78 is 26.6. The van der Waals surface area contributed by atoms with Crippen molar-refractivity contribution in [2.24, 2.45) is 5.41 Å². The Bertz CT molecular complexity index is 1180. The summed E-state index contributed by atoms with van der Waals surface area (Å²) in [5, 5.41) is 10.2. The average molecular weight is 399 g/mol. The summed E-state index contributed by atoms with van der Waals surface area (Å²) in [5.74, 6) is -0.492. The molecule has 0 radical (unpaired) electrons. The third kappa shape index (κ3) is 3.10. The van der Waals surface area contributed by atoms with Crippen LogP contribution in [0.1, 0.15) is 49.7 Å². The second-order valence-corrected chi connectivity index (χ2v) is 8.44. The highest BCUT2D eigenvalue weighted by Gasteiger charge is 2.36. The molecule has 7 heteroatoms. The Balaban J connectivity index is 2.03. The maximum absolute atomic E-state index is 13.5. The van der Waals surface area contributed by atoms with Crippen LogP contribution in [0.25, 0.3) is 22.4 Å². The van der Waals surface area contributed by atoms with Gasteiger partial charge in [-0.2, -0.15) is 0 Å². The largest absolute Gasteiger partial charge is 0.477 e. The van der Waals surface area contributed by atoms with Crippen molar-refractivity contribution in [3.8, 4) is 17.2 Å². The number of carboxylic acids is 1. The zero-order chi connectivity index (χ0) is 21.1.